The summed E-state index contributed by atoms with van der Waals surface area (Å²) in [5.41, 5.74) is 0. The summed E-state index contributed by atoms with van der Waals surface area (Å²) < 4.78 is -1.04. The van der Waals surface area contributed by atoms with E-state index in [4.69, 9.17) is 25.5 Å². The van der Waals surface area contributed by atoms with Crippen molar-refractivity contribution in [2.24, 2.45) is 0 Å². The third-order valence-electron chi connectivity index (χ3n) is 1.47. The molecule has 0 amide bonds. The van der Waals surface area contributed by atoms with Crippen molar-refractivity contribution in [3.63, 3.8) is 0 Å². The molecule has 0 heterocycles. The first-order valence-corrected chi connectivity index (χ1v) is 3.94. The van der Waals surface area contributed by atoms with Gasteiger partial charge in [0.25, 0.3) is 0 Å². The monoisotopic (exact) mass is 351 g/mol. The van der Waals surface area contributed by atoms with E-state index in [0.29, 0.717) is 0 Å². The molecule has 0 fully saturated rings. The molecule has 4 atom stereocenters. The first kappa shape index (κ1) is 21.3. The third kappa shape index (κ3) is 7.01. The predicted octanol–water partition coefficient (Wildman–Crippen LogP) is -3.51. The van der Waals surface area contributed by atoms with Gasteiger partial charge in [-0.05, 0) is 0 Å². The van der Waals surface area contributed by atoms with Gasteiger partial charge in [-0.3, -0.25) is 0 Å². The number of aliphatic hydroxyl groups is 5. The van der Waals surface area contributed by atoms with Crippen molar-refractivity contribution in [3.8, 4) is 0 Å². The molecule has 0 bridgehead atoms. The SMILES string of the molecule is O=[C]([Co])[C@H](O)[C@@H](O)[C@H](O)[C@H](O)CO.[Mn].[Ni]. The van der Waals surface area contributed by atoms with E-state index in [-0.39, 0.29) is 33.6 Å². The number of carbonyl (C=O) groups excluding carboxylic acids is 1. The summed E-state index contributed by atoms with van der Waals surface area (Å²) >= 11 is 3.27. The van der Waals surface area contributed by atoms with Gasteiger partial charge < -0.3 is 0 Å². The zero-order valence-corrected chi connectivity index (χ0v) is 10.4. The summed E-state index contributed by atoms with van der Waals surface area (Å²) in [6.45, 7) is -0.787. The van der Waals surface area contributed by atoms with E-state index in [1.807, 2.05) is 0 Å². The van der Waals surface area contributed by atoms with Gasteiger partial charge in [0.2, 0.25) is 0 Å². The summed E-state index contributed by atoms with van der Waals surface area (Å²) in [5.74, 6) is 0. The molecule has 0 aliphatic carbocycles. The first-order chi connectivity index (χ1) is 5.91. The summed E-state index contributed by atoms with van der Waals surface area (Å²) in [4.78, 5) is 10.4. The zero-order valence-electron chi connectivity index (χ0n) is 7.19. The maximum absolute atomic E-state index is 10.4. The fraction of sp³-hybridized carbons (Fsp3) is 0.833. The molecule has 6 nitrogen and oxygen atoms in total. The molecule has 0 unspecified atom stereocenters. The number of carbonyl (C=O) groups is 1. The van der Waals surface area contributed by atoms with E-state index >= 15 is 0 Å². The summed E-state index contributed by atoms with van der Waals surface area (Å²) in [5, 5.41) is 44.1. The molecular formula is C6H11CoMnNiO6. The van der Waals surface area contributed by atoms with Crippen LogP contribution in [0.5, 0.6) is 0 Å². The number of aliphatic hydroxyl groups excluding tert-OH is 5. The predicted molar refractivity (Wildman–Crippen MR) is 36.1 cm³/mol. The topological polar surface area (TPSA) is 118 Å². The Labute approximate surface area is 115 Å². The van der Waals surface area contributed by atoms with Gasteiger partial charge in [-0.15, -0.1) is 0 Å². The Bertz CT molecular complexity index is 185. The molecule has 15 heavy (non-hydrogen) atoms. The second kappa shape index (κ2) is 10.2. The maximum Gasteiger partial charge on any atom is 0 e. The van der Waals surface area contributed by atoms with Gasteiger partial charge in [-0.1, -0.05) is 0 Å². The Balaban J connectivity index is -0.000000720. The molecule has 0 spiro atoms. The van der Waals surface area contributed by atoms with Crippen LogP contribution in [0.25, 0.3) is 0 Å². The maximum atomic E-state index is 10.4. The minimum Gasteiger partial charge on any atom is 0 e. The van der Waals surface area contributed by atoms with Crippen molar-refractivity contribution in [1.82, 2.24) is 0 Å². The van der Waals surface area contributed by atoms with Crippen LogP contribution in [0.4, 0.5) is 0 Å². The smallest absolute Gasteiger partial charge is 0 e. The van der Waals surface area contributed by atoms with Crippen LogP contribution in [-0.4, -0.2) is 61.3 Å². The molecule has 0 rings (SSSR count). The molecule has 5 N–H and O–H groups in total. The van der Waals surface area contributed by atoms with Crippen LogP contribution in [0.3, 0.4) is 0 Å². The quantitative estimate of drug-likeness (QED) is 0.328. The van der Waals surface area contributed by atoms with Gasteiger partial charge in [-0.2, -0.15) is 0 Å². The van der Waals surface area contributed by atoms with E-state index in [0.717, 1.165) is 0 Å². The van der Waals surface area contributed by atoms with Gasteiger partial charge in [0.05, 0.1) is 0 Å². The minimum atomic E-state index is -1.89. The molecule has 0 saturated heterocycles. The van der Waals surface area contributed by atoms with Crippen molar-refractivity contribution < 1.29 is 79.6 Å². The van der Waals surface area contributed by atoms with E-state index < -0.39 is 35.7 Å². The normalized spacial score (nSPS) is 17.8. The van der Waals surface area contributed by atoms with Crippen LogP contribution in [0.1, 0.15) is 0 Å². The summed E-state index contributed by atoms with van der Waals surface area (Å²) in [6.07, 6.45) is -7.17. The van der Waals surface area contributed by atoms with Crippen LogP contribution in [0, 0.1) is 0 Å². The molecule has 0 aromatic heterocycles. The molecule has 0 aromatic carbocycles. The first-order valence-electron chi connectivity index (χ1n) is 3.42. The van der Waals surface area contributed by atoms with Crippen molar-refractivity contribution in [2.75, 3.05) is 6.61 Å². The third-order valence-corrected chi connectivity index (χ3v) is 1.78. The standard InChI is InChI=1S/C6H11O6.Co.Mn.Ni/c7-1-3(9)5(11)6(12)4(10)2-8;;;/h3-7,9-12H,1H2;;;/t3-,4+,5-,6-;;;/m1.../s1. The van der Waals surface area contributed by atoms with Gasteiger partial charge >= 0.3 is 81.8 Å². The van der Waals surface area contributed by atoms with E-state index in [1.54, 1.807) is 0 Å². The second-order valence-electron chi connectivity index (χ2n) is 2.46. The molecule has 0 aliphatic rings. The van der Waals surface area contributed by atoms with Crippen LogP contribution < -0.4 is 0 Å². The molecule has 0 aliphatic heterocycles. The van der Waals surface area contributed by atoms with E-state index in [2.05, 4.69) is 15.7 Å². The van der Waals surface area contributed by atoms with Gasteiger partial charge in [0.1, 0.15) is 0 Å². The fourth-order valence-electron chi connectivity index (χ4n) is 0.649. The minimum absolute atomic E-state index is 0. The van der Waals surface area contributed by atoms with E-state index in [9.17, 15) is 4.79 Å². The Morgan fingerprint density at radius 3 is 1.80 bits per heavy atom. The Morgan fingerprint density at radius 2 is 1.53 bits per heavy atom. The van der Waals surface area contributed by atoms with Crippen molar-refractivity contribution in [1.29, 1.82) is 0 Å². The van der Waals surface area contributed by atoms with Crippen molar-refractivity contribution >= 4 is 4.72 Å². The average molecular weight is 352 g/mol. The second-order valence-corrected chi connectivity index (χ2v) is 2.97. The summed E-state index contributed by atoms with van der Waals surface area (Å²) in [7, 11) is 0. The number of hydrogen-bond donors (Lipinski definition) is 5. The van der Waals surface area contributed by atoms with E-state index in [1.165, 1.54) is 0 Å². The fourth-order valence-corrected chi connectivity index (χ4v) is 0.827. The van der Waals surface area contributed by atoms with Crippen molar-refractivity contribution in [2.45, 2.75) is 24.4 Å². The van der Waals surface area contributed by atoms with Crippen LogP contribution in [-0.2, 0) is 54.1 Å². The Hall–Kier alpha value is 0.989. The van der Waals surface area contributed by atoms with Gasteiger partial charge in [-0.25, -0.2) is 0 Å². The Kier molecular flexibility index (Phi) is 14.4. The molecule has 0 saturated carbocycles. The van der Waals surface area contributed by atoms with Crippen LogP contribution in [0.2, 0.25) is 0 Å². The van der Waals surface area contributed by atoms with Gasteiger partial charge in [0, 0.05) is 33.6 Å². The molecule has 97 valence electrons. The number of hydrogen-bond acceptors (Lipinski definition) is 6. The van der Waals surface area contributed by atoms with Crippen LogP contribution >= 0.6 is 0 Å². The van der Waals surface area contributed by atoms with Gasteiger partial charge in [0.15, 0.2) is 0 Å². The van der Waals surface area contributed by atoms with Crippen LogP contribution in [0.15, 0.2) is 0 Å². The summed E-state index contributed by atoms with van der Waals surface area (Å²) in [6, 6.07) is 0. The zero-order chi connectivity index (χ0) is 10.6. The molecule has 0 aromatic rings. The molecular weight excluding hydrogens is 341 g/mol. The molecule has 9 heteroatoms. The number of rotatable bonds is 5. The Morgan fingerprint density at radius 1 is 1.13 bits per heavy atom. The molecule has 1 radical (unpaired) electrons. The average Bonchev–Trinajstić information content (AvgIpc) is 2.12. The van der Waals surface area contributed by atoms with Crippen molar-refractivity contribution in [3.05, 3.63) is 0 Å². The largest absolute Gasteiger partial charge is 0 e.